The van der Waals surface area contributed by atoms with Crippen molar-refractivity contribution in [1.82, 2.24) is 4.98 Å². The minimum Gasteiger partial charge on any atom is -0.378 e. The number of thiazole rings is 1. The number of anilines is 4. The summed E-state index contributed by atoms with van der Waals surface area (Å²) in [6, 6.07) is 12.2. The van der Waals surface area contributed by atoms with Crippen LogP contribution in [-0.4, -0.2) is 32.0 Å². The summed E-state index contributed by atoms with van der Waals surface area (Å²) < 4.78 is 38.1. The first-order chi connectivity index (χ1) is 13.6. The van der Waals surface area contributed by atoms with Crippen molar-refractivity contribution < 1.29 is 18.0 Å². The van der Waals surface area contributed by atoms with Crippen molar-refractivity contribution in [3.8, 4) is 0 Å². The second-order valence-corrected chi connectivity index (χ2v) is 7.35. The number of rotatable bonds is 5. The van der Waals surface area contributed by atoms with Crippen LogP contribution in [0.5, 0.6) is 0 Å². The Morgan fingerprint density at radius 2 is 1.55 bits per heavy atom. The summed E-state index contributed by atoms with van der Waals surface area (Å²) in [4.78, 5) is 20.3. The molecule has 29 heavy (non-hydrogen) atoms. The summed E-state index contributed by atoms with van der Waals surface area (Å²) in [6.45, 7) is 0. The maximum atomic E-state index is 12.7. The van der Waals surface area contributed by atoms with Gasteiger partial charge in [-0.15, -0.1) is 11.3 Å². The molecule has 0 radical (unpaired) electrons. The summed E-state index contributed by atoms with van der Waals surface area (Å²) in [5.41, 5.74) is 1.72. The summed E-state index contributed by atoms with van der Waals surface area (Å²) in [5.74, 6) is -0.356. The molecule has 9 heteroatoms. The number of hydrogen-bond donors (Lipinski definition) is 1. The number of nitrogens with zero attached hydrogens (tertiary/aromatic N) is 3. The number of alkyl halides is 3. The van der Waals surface area contributed by atoms with Crippen molar-refractivity contribution in [2.75, 3.05) is 36.3 Å². The van der Waals surface area contributed by atoms with E-state index in [1.165, 1.54) is 23.5 Å². The third kappa shape index (κ3) is 4.86. The van der Waals surface area contributed by atoms with Crippen LogP contribution in [0.3, 0.4) is 0 Å². The fourth-order valence-electron chi connectivity index (χ4n) is 2.55. The third-order valence-electron chi connectivity index (χ3n) is 4.24. The highest BCUT2D eigenvalue weighted by atomic mass is 32.1. The fourth-order valence-corrected chi connectivity index (χ4v) is 3.34. The van der Waals surface area contributed by atoms with Gasteiger partial charge in [0.25, 0.3) is 5.91 Å². The van der Waals surface area contributed by atoms with Crippen LogP contribution in [-0.2, 0) is 6.18 Å². The van der Waals surface area contributed by atoms with Gasteiger partial charge in [0.2, 0.25) is 0 Å². The van der Waals surface area contributed by atoms with E-state index in [2.05, 4.69) is 10.3 Å². The minimum absolute atomic E-state index is 0.237. The maximum Gasteiger partial charge on any atom is 0.416 e. The highest BCUT2D eigenvalue weighted by Gasteiger charge is 2.30. The second-order valence-electron chi connectivity index (χ2n) is 6.51. The van der Waals surface area contributed by atoms with Gasteiger partial charge in [-0.2, -0.15) is 13.2 Å². The van der Waals surface area contributed by atoms with E-state index in [1.807, 2.05) is 31.1 Å². The molecule has 0 aliphatic carbocycles. The number of halogens is 3. The molecule has 5 nitrogen and oxygen atoms in total. The van der Waals surface area contributed by atoms with E-state index in [-0.39, 0.29) is 11.6 Å². The minimum atomic E-state index is -4.38. The average molecular weight is 420 g/mol. The van der Waals surface area contributed by atoms with Crippen LogP contribution >= 0.6 is 11.3 Å². The Kier molecular flexibility index (Phi) is 5.78. The van der Waals surface area contributed by atoms with Gasteiger partial charge in [-0.1, -0.05) is 0 Å². The van der Waals surface area contributed by atoms with Gasteiger partial charge in [0, 0.05) is 43.6 Å². The van der Waals surface area contributed by atoms with Crippen molar-refractivity contribution in [3.63, 3.8) is 0 Å². The zero-order valence-corrected chi connectivity index (χ0v) is 16.8. The molecule has 3 aromatic rings. The highest BCUT2D eigenvalue weighted by Crippen LogP contribution is 2.32. The van der Waals surface area contributed by atoms with Gasteiger partial charge >= 0.3 is 6.18 Å². The number of carbonyl (C=O) groups excluding carboxylic acids is 1. The first-order valence-electron chi connectivity index (χ1n) is 8.60. The zero-order valence-electron chi connectivity index (χ0n) is 16.0. The first kappa shape index (κ1) is 20.7. The molecule has 1 aromatic heterocycles. The van der Waals surface area contributed by atoms with Gasteiger partial charge in [0.05, 0.1) is 5.56 Å². The third-order valence-corrected chi connectivity index (χ3v) is 5.15. The van der Waals surface area contributed by atoms with Crippen molar-refractivity contribution in [2.45, 2.75) is 6.18 Å². The largest absolute Gasteiger partial charge is 0.416 e. The van der Waals surface area contributed by atoms with Gasteiger partial charge in [0.1, 0.15) is 5.69 Å². The Morgan fingerprint density at radius 1 is 0.966 bits per heavy atom. The van der Waals surface area contributed by atoms with Crippen LogP contribution in [0.2, 0.25) is 0 Å². The lowest BCUT2D eigenvalue weighted by molar-refractivity contribution is -0.137. The molecule has 0 aliphatic rings. The quantitative estimate of drug-likeness (QED) is 0.613. The van der Waals surface area contributed by atoms with E-state index in [0.29, 0.717) is 16.5 Å². The monoisotopic (exact) mass is 420 g/mol. The van der Waals surface area contributed by atoms with Gasteiger partial charge in [-0.25, -0.2) is 4.98 Å². The lowest BCUT2D eigenvalue weighted by Crippen LogP contribution is -2.14. The van der Waals surface area contributed by atoms with Crippen LogP contribution in [0.4, 0.5) is 35.4 Å². The number of benzene rings is 2. The Morgan fingerprint density at radius 3 is 2.10 bits per heavy atom. The van der Waals surface area contributed by atoms with Crippen molar-refractivity contribution in [1.29, 1.82) is 0 Å². The fraction of sp³-hybridized carbons (Fsp3) is 0.200. The predicted octanol–water partition coefficient (Wildman–Crippen LogP) is 5.25. The lowest BCUT2D eigenvalue weighted by Gasteiger charge is -2.16. The second kappa shape index (κ2) is 8.12. The topological polar surface area (TPSA) is 48.5 Å². The van der Waals surface area contributed by atoms with Gasteiger partial charge in [-0.05, 0) is 48.5 Å². The van der Waals surface area contributed by atoms with E-state index in [1.54, 1.807) is 29.5 Å². The average Bonchev–Trinajstić information content (AvgIpc) is 3.17. The predicted molar refractivity (Wildman–Crippen MR) is 110 cm³/mol. The first-order valence-corrected chi connectivity index (χ1v) is 9.48. The van der Waals surface area contributed by atoms with Crippen LogP contribution in [0.15, 0.2) is 53.9 Å². The van der Waals surface area contributed by atoms with Crippen molar-refractivity contribution in [2.24, 2.45) is 0 Å². The summed E-state index contributed by atoms with van der Waals surface area (Å²) in [7, 11) is 5.54. The Bertz CT molecular complexity index is 982. The molecule has 1 heterocycles. The van der Waals surface area contributed by atoms with E-state index < -0.39 is 11.7 Å². The molecule has 0 fully saturated rings. The number of nitrogens with one attached hydrogen (secondary N) is 1. The normalized spacial score (nSPS) is 11.2. The van der Waals surface area contributed by atoms with Gasteiger partial charge in [0.15, 0.2) is 5.13 Å². The summed E-state index contributed by atoms with van der Waals surface area (Å²) in [5, 5.41) is 4.89. The SMILES string of the molecule is CN(C)c1ccc(NC(=O)c2csc(N(C)c3ccc(C(F)(F)F)cc3)n2)cc1. The molecule has 0 saturated carbocycles. The molecule has 1 N–H and O–H groups in total. The van der Waals surface area contributed by atoms with Crippen LogP contribution in [0, 0.1) is 0 Å². The number of amides is 1. The number of hydrogen-bond acceptors (Lipinski definition) is 5. The Balaban J connectivity index is 1.70. The van der Waals surface area contributed by atoms with Crippen LogP contribution < -0.4 is 15.1 Å². The highest BCUT2D eigenvalue weighted by molar-refractivity contribution is 7.14. The molecule has 3 rings (SSSR count). The molecule has 0 aliphatic heterocycles. The Hall–Kier alpha value is -3.07. The molecule has 0 unspecified atom stereocenters. The van der Waals surface area contributed by atoms with Crippen molar-refractivity contribution in [3.05, 3.63) is 65.2 Å². The molecule has 152 valence electrons. The van der Waals surface area contributed by atoms with Crippen LogP contribution in [0.25, 0.3) is 0 Å². The smallest absolute Gasteiger partial charge is 0.378 e. The molecule has 0 spiro atoms. The van der Waals surface area contributed by atoms with Gasteiger partial charge < -0.3 is 15.1 Å². The Labute approximate surface area is 170 Å². The molecule has 2 aromatic carbocycles. The standard InChI is InChI=1S/C20H19F3N4OS/c1-26(2)15-10-6-14(7-11-15)24-18(28)17-12-29-19(25-17)27(3)16-8-4-13(5-9-16)20(21,22)23/h4-12H,1-3H3,(H,24,28). The molecule has 1 amide bonds. The maximum absolute atomic E-state index is 12.7. The molecule has 0 saturated heterocycles. The van der Waals surface area contributed by atoms with E-state index in [0.717, 1.165) is 17.8 Å². The number of aromatic nitrogens is 1. The summed E-state index contributed by atoms with van der Waals surface area (Å²) in [6.07, 6.45) is -4.38. The van der Waals surface area contributed by atoms with Crippen LogP contribution in [0.1, 0.15) is 16.1 Å². The van der Waals surface area contributed by atoms with E-state index in [9.17, 15) is 18.0 Å². The van der Waals surface area contributed by atoms with E-state index in [4.69, 9.17) is 0 Å². The molecular weight excluding hydrogens is 401 g/mol. The molecule has 0 atom stereocenters. The van der Waals surface area contributed by atoms with Crippen molar-refractivity contribution >= 4 is 39.4 Å². The molecular formula is C20H19F3N4OS. The zero-order chi connectivity index (χ0) is 21.2. The molecule has 0 bridgehead atoms. The lowest BCUT2D eigenvalue weighted by atomic mass is 10.2. The number of carbonyl (C=O) groups is 1. The van der Waals surface area contributed by atoms with E-state index >= 15 is 0 Å². The van der Waals surface area contributed by atoms with Gasteiger partial charge in [-0.3, -0.25) is 4.79 Å². The summed E-state index contributed by atoms with van der Waals surface area (Å²) >= 11 is 1.23.